The minimum Gasteiger partial charge on any atom is -0.457 e. The monoisotopic (exact) mass is 862 g/mol. The van der Waals surface area contributed by atoms with Crippen LogP contribution in [0.2, 0.25) is 0 Å². The summed E-state index contributed by atoms with van der Waals surface area (Å²) >= 11 is 0. The molecule has 0 radical (unpaired) electrons. The Kier molecular flexibility index (Phi) is 46.3. The average molecular weight is 862 g/mol. The van der Waals surface area contributed by atoms with Crippen LogP contribution in [0.25, 0.3) is 0 Å². The number of esters is 1. The third-order valence-electron chi connectivity index (χ3n) is 10.1. The van der Waals surface area contributed by atoms with Gasteiger partial charge in [0.2, 0.25) is 0 Å². The molecule has 60 heavy (non-hydrogen) atoms. The molecule has 0 spiro atoms. The average Bonchev–Trinajstić information content (AvgIpc) is 3.24. The zero-order valence-corrected chi connectivity index (χ0v) is 39.6. The largest absolute Gasteiger partial charge is 0.472 e. The maximum Gasteiger partial charge on any atom is 0.472 e. The van der Waals surface area contributed by atoms with E-state index in [0.29, 0.717) is 13.0 Å². The summed E-state index contributed by atoms with van der Waals surface area (Å²) in [5, 5.41) is 0. The van der Waals surface area contributed by atoms with Gasteiger partial charge in [-0.2, -0.15) is 0 Å². The maximum atomic E-state index is 12.6. The molecule has 2 unspecified atom stereocenters. The van der Waals surface area contributed by atoms with E-state index in [-0.39, 0.29) is 32.3 Å². The highest BCUT2D eigenvalue weighted by molar-refractivity contribution is 7.47. The molecule has 0 saturated heterocycles. The molecule has 0 aromatic heterocycles. The van der Waals surface area contributed by atoms with Crippen molar-refractivity contribution in [3.8, 4) is 0 Å². The summed E-state index contributed by atoms with van der Waals surface area (Å²) in [6.07, 6.45) is 60.6. The normalized spacial score (nSPS) is 14.0. The molecule has 0 aliphatic rings. The van der Waals surface area contributed by atoms with E-state index < -0.39 is 13.9 Å². The lowest BCUT2D eigenvalue weighted by Gasteiger charge is -2.20. The zero-order valence-electron chi connectivity index (χ0n) is 38.7. The quantitative estimate of drug-likeness (QED) is 0.0269. The first kappa shape index (κ1) is 57.9. The summed E-state index contributed by atoms with van der Waals surface area (Å²) in [5.41, 5.74) is 5.38. The second-order valence-corrected chi connectivity index (χ2v) is 17.4. The van der Waals surface area contributed by atoms with Crippen molar-refractivity contribution in [2.24, 2.45) is 5.73 Å². The standard InChI is InChI=1S/C51H92NO7P/c1-3-5-7-9-11-13-15-17-19-21-23-25-26-28-30-32-34-36-38-40-42-44-51(53)59-50(49-58-60(54,55)57-47-45-52)48-56-46-43-41-39-37-35-33-31-29-27-24-22-20-18-16-14-12-10-8-6-4-2/h5,7,11-14,17-20,23,25,50H,3-4,6,8-10,15-16,21-22,24,26-49,52H2,1-2H3,(H,54,55)/b7-5-,13-11-,14-12-,19-17-,20-18-,25-23-. The fraction of sp³-hybridized carbons (Fsp3) is 0.745. The van der Waals surface area contributed by atoms with Crippen molar-refractivity contribution in [1.29, 1.82) is 0 Å². The van der Waals surface area contributed by atoms with Gasteiger partial charge in [-0.15, -0.1) is 0 Å². The van der Waals surface area contributed by atoms with E-state index in [9.17, 15) is 14.3 Å². The fourth-order valence-electron chi connectivity index (χ4n) is 6.55. The van der Waals surface area contributed by atoms with Crippen LogP contribution in [0.3, 0.4) is 0 Å². The van der Waals surface area contributed by atoms with Gasteiger partial charge in [0.1, 0.15) is 6.10 Å². The minimum atomic E-state index is -4.29. The molecule has 0 aliphatic heterocycles. The molecule has 8 nitrogen and oxygen atoms in total. The van der Waals surface area contributed by atoms with Crippen LogP contribution in [0.4, 0.5) is 0 Å². The molecule has 0 amide bonds. The number of ether oxygens (including phenoxy) is 2. The zero-order chi connectivity index (χ0) is 43.7. The number of hydrogen-bond acceptors (Lipinski definition) is 7. The van der Waals surface area contributed by atoms with Crippen LogP contribution in [0.5, 0.6) is 0 Å². The molecule has 2 atom stereocenters. The smallest absolute Gasteiger partial charge is 0.457 e. The lowest BCUT2D eigenvalue weighted by atomic mass is 10.1. The molecule has 0 bridgehead atoms. The molecule has 0 heterocycles. The minimum absolute atomic E-state index is 0.0953. The van der Waals surface area contributed by atoms with Crippen LogP contribution in [-0.2, 0) is 27.9 Å². The Bertz CT molecular complexity index is 1150. The Morgan fingerprint density at radius 2 is 0.933 bits per heavy atom. The van der Waals surface area contributed by atoms with Crippen molar-refractivity contribution >= 4 is 13.8 Å². The summed E-state index contributed by atoms with van der Waals surface area (Å²) in [7, 11) is -4.29. The molecule has 0 aromatic carbocycles. The van der Waals surface area contributed by atoms with Crippen LogP contribution in [-0.4, -0.2) is 49.9 Å². The molecule has 0 rings (SSSR count). The Balaban J connectivity index is 4.00. The van der Waals surface area contributed by atoms with E-state index in [0.717, 1.165) is 70.6 Å². The number of phosphoric ester groups is 1. The maximum absolute atomic E-state index is 12.6. The van der Waals surface area contributed by atoms with Crippen molar-refractivity contribution < 1.29 is 32.8 Å². The van der Waals surface area contributed by atoms with Crippen LogP contribution in [0, 0.1) is 0 Å². The van der Waals surface area contributed by atoms with Crippen LogP contribution in [0.1, 0.15) is 206 Å². The highest BCUT2D eigenvalue weighted by atomic mass is 31.2. The molecule has 348 valence electrons. The Morgan fingerprint density at radius 1 is 0.517 bits per heavy atom. The topological polar surface area (TPSA) is 117 Å². The lowest BCUT2D eigenvalue weighted by molar-refractivity contribution is -0.154. The number of unbranched alkanes of at least 4 members (excludes halogenated alkanes) is 21. The van der Waals surface area contributed by atoms with Crippen LogP contribution >= 0.6 is 7.82 Å². The number of carbonyl (C=O) groups excluding carboxylic acids is 1. The highest BCUT2D eigenvalue weighted by Gasteiger charge is 2.25. The van der Waals surface area contributed by atoms with Crippen molar-refractivity contribution in [3.63, 3.8) is 0 Å². The van der Waals surface area contributed by atoms with Crippen molar-refractivity contribution in [2.45, 2.75) is 213 Å². The second-order valence-electron chi connectivity index (χ2n) is 15.9. The SMILES string of the molecule is CC/C=C\C/C=C\C/C=C\C/C=C\CCCCCCCCCCC(=O)OC(COCCCCCCCCCCCC/C=C\C/C=C\CCCCC)COP(=O)(O)OCCN. The summed E-state index contributed by atoms with van der Waals surface area (Å²) < 4.78 is 33.6. The highest BCUT2D eigenvalue weighted by Crippen LogP contribution is 2.43. The van der Waals surface area contributed by atoms with Crippen LogP contribution in [0.15, 0.2) is 72.9 Å². The first-order chi connectivity index (χ1) is 29.4. The molecule has 0 saturated carbocycles. The summed E-state index contributed by atoms with van der Waals surface area (Å²) in [6, 6.07) is 0. The fourth-order valence-corrected chi connectivity index (χ4v) is 7.31. The van der Waals surface area contributed by atoms with Gasteiger partial charge in [-0.25, -0.2) is 4.57 Å². The van der Waals surface area contributed by atoms with Gasteiger partial charge >= 0.3 is 13.8 Å². The number of hydrogen-bond donors (Lipinski definition) is 2. The van der Waals surface area contributed by atoms with E-state index in [4.69, 9.17) is 24.3 Å². The van der Waals surface area contributed by atoms with E-state index in [2.05, 4.69) is 86.8 Å². The van der Waals surface area contributed by atoms with Gasteiger partial charge < -0.3 is 20.1 Å². The molecule has 0 aliphatic carbocycles. The predicted octanol–water partition coefficient (Wildman–Crippen LogP) is 15.1. The van der Waals surface area contributed by atoms with Gasteiger partial charge in [-0.1, -0.05) is 189 Å². The van der Waals surface area contributed by atoms with E-state index in [1.807, 2.05) is 0 Å². The Hall–Kier alpha value is -2.06. The van der Waals surface area contributed by atoms with E-state index in [1.54, 1.807) is 0 Å². The van der Waals surface area contributed by atoms with Crippen LogP contribution < -0.4 is 5.73 Å². The van der Waals surface area contributed by atoms with Gasteiger partial charge in [0.15, 0.2) is 0 Å². The van der Waals surface area contributed by atoms with Gasteiger partial charge in [0.05, 0.1) is 19.8 Å². The molecular formula is C51H92NO7P. The Morgan fingerprint density at radius 3 is 1.40 bits per heavy atom. The predicted molar refractivity (Wildman–Crippen MR) is 256 cm³/mol. The second kappa shape index (κ2) is 48.0. The number of phosphoric acid groups is 1. The summed E-state index contributed by atoms with van der Waals surface area (Å²) in [4.78, 5) is 22.6. The molecule has 3 N–H and O–H groups in total. The van der Waals surface area contributed by atoms with Crippen molar-refractivity contribution in [1.82, 2.24) is 0 Å². The molecule has 0 fully saturated rings. The molecule has 0 aromatic rings. The summed E-state index contributed by atoms with van der Waals surface area (Å²) in [6.45, 7) is 4.77. The number of nitrogens with two attached hydrogens (primary N) is 1. The third kappa shape index (κ3) is 47.0. The van der Waals surface area contributed by atoms with Gasteiger partial charge in [-0.3, -0.25) is 13.8 Å². The van der Waals surface area contributed by atoms with E-state index in [1.165, 1.54) is 116 Å². The van der Waals surface area contributed by atoms with Gasteiger partial charge in [0.25, 0.3) is 0 Å². The lowest BCUT2D eigenvalue weighted by Crippen LogP contribution is -2.28. The number of allylic oxidation sites excluding steroid dienone is 12. The van der Waals surface area contributed by atoms with Gasteiger partial charge in [-0.05, 0) is 83.5 Å². The number of rotatable bonds is 46. The third-order valence-corrected chi connectivity index (χ3v) is 11.1. The Labute approximate surface area is 369 Å². The van der Waals surface area contributed by atoms with Crippen molar-refractivity contribution in [3.05, 3.63) is 72.9 Å². The van der Waals surface area contributed by atoms with Gasteiger partial charge in [0, 0.05) is 19.6 Å². The molecule has 9 heteroatoms. The summed E-state index contributed by atoms with van der Waals surface area (Å²) in [5.74, 6) is -0.341. The number of carbonyl (C=O) groups is 1. The van der Waals surface area contributed by atoms with Crippen molar-refractivity contribution in [2.75, 3.05) is 33.0 Å². The molecular weight excluding hydrogens is 770 g/mol. The first-order valence-electron chi connectivity index (χ1n) is 24.4. The van der Waals surface area contributed by atoms with E-state index >= 15 is 0 Å². The first-order valence-corrected chi connectivity index (χ1v) is 25.9.